The highest BCUT2D eigenvalue weighted by Gasteiger charge is 2.18. The van der Waals surface area contributed by atoms with Crippen molar-refractivity contribution in [3.8, 4) is 0 Å². The number of nitrogens with zero attached hydrogens (tertiary/aromatic N) is 2. The molecule has 1 amide bonds. The maximum Gasteiger partial charge on any atom is 0.267 e. The maximum absolute atomic E-state index is 11.9. The largest absolute Gasteiger partial charge is 0.387 e. The Kier molecular flexibility index (Phi) is 6.52. The zero-order valence-corrected chi connectivity index (χ0v) is 15.7. The molecule has 1 aliphatic heterocycles. The number of hydrogen-bond donors (Lipinski definition) is 6. The van der Waals surface area contributed by atoms with Crippen LogP contribution in [0, 0.1) is 0 Å². The number of aliphatic hydroxyl groups excluding tert-OH is 1. The predicted octanol–water partition coefficient (Wildman–Crippen LogP) is -1.04. The number of aliphatic hydroxyl groups is 1. The van der Waals surface area contributed by atoms with Gasteiger partial charge in [-0.15, -0.1) is 0 Å². The van der Waals surface area contributed by atoms with Gasteiger partial charge in [-0.3, -0.25) is 14.3 Å². The summed E-state index contributed by atoms with van der Waals surface area (Å²) < 4.78 is 30.8. The molecule has 11 nitrogen and oxygen atoms in total. The van der Waals surface area contributed by atoms with Crippen molar-refractivity contribution in [3.05, 3.63) is 34.2 Å². The highest BCUT2D eigenvalue weighted by Crippen LogP contribution is 2.10. The molecule has 0 fully saturated rings. The summed E-state index contributed by atoms with van der Waals surface area (Å²) in [6, 6.07) is 1.59. The van der Waals surface area contributed by atoms with Crippen LogP contribution in [-0.2, 0) is 10.1 Å². The van der Waals surface area contributed by atoms with Crippen molar-refractivity contribution < 1.29 is 22.9 Å². The number of nitrogens with two attached hydrogens (primary N) is 1. The summed E-state index contributed by atoms with van der Waals surface area (Å²) in [5.41, 5.74) is 6.13. The van der Waals surface area contributed by atoms with Gasteiger partial charge in [0.2, 0.25) is 0 Å². The van der Waals surface area contributed by atoms with E-state index in [1.165, 1.54) is 6.08 Å². The number of aliphatic imine (C=N–C) groups is 2. The quantitative estimate of drug-likeness (QED) is 0.287. The molecule has 7 N–H and O–H groups in total. The predicted molar refractivity (Wildman–Crippen MR) is 98.4 cm³/mol. The Morgan fingerprint density at radius 1 is 1.54 bits per heavy atom. The molecule has 142 valence electrons. The third-order valence-electron chi connectivity index (χ3n) is 3.06. The molecule has 26 heavy (non-hydrogen) atoms. The number of amidine groups is 1. The average Bonchev–Trinajstić information content (AvgIpc) is 3.10. The molecular weight excluding hydrogens is 432 g/mol. The fraction of sp³-hybridized carbons (Fsp3) is 0.308. The smallest absolute Gasteiger partial charge is 0.267 e. The molecule has 1 atom stereocenters. The van der Waals surface area contributed by atoms with E-state index in [0.29, 0.717) is 5.69 Å². The number of halogens is 1. The van der Waals surface area contributed by atoms with Gasteiger partial charge in [-0.2, -0.15) is 13.4 Å². The van der Waals surface area contributed by atoms with Gasteiger partial charge in [-0.25, -0.2) is 0 Å². The molecule has 2 rings (SSSR count). The van der Waals surface area contributed by atoms with Crippen molar-refractivity contribution >= 4 is 43.8 Å². The first kappa shape index (κ1) is 20.1. The first-order valence-corrected chi connectivity index (χ1v) is 9.67. The molecule has 0 aliphatic carbocycles. The van der Waals surface area contributed by atoms with E-state index in [4.69, 9.17) is 10.3 Å². The zero-order valence-electron chi connectivity index (χ0n) is 13.3. The second-order valence-electron chi connectivity index (χ2n) is 5.20. The Hall–Kier alpha value is -2.22. The van der Waals surface area contributed by atoms with Crippen molar-refractivity contribution in [2.75, 3.05) is 18.8 Å². The lowest BCUT2D eigenvalue weighted by Crippen LogP contribution is -2.33. The van der Waals surface area contributed by atoms with Crippen LogP contribution in [0.3, 0.4) is 0 Å². The van der Waals surface area contributed by atoms with Crippen LogP contribution >= 0.6 is 15.9 Å². The fourth-order valence-electron chi connectivity index (χ4n) is 1.94. The van der Waals surface area contributed by atoms with Gasteiger partial charge >= 0.3 is 0 Å². The first-order chi connectivity index (χ1) is 12.1. The fourth-order valence-corrected chi connectivity index (χ4v) is 2.61. The summed E-state index contributed by atoms with van der Waals surface area (Å²) in [4.78, 5) is 22.4. The SMILES string of the molecule is NC1=NC(=NCCS(=O)(=O)O)C(=C[C@@H](O)CNC(=O)c2cc(Br)c[nH]2)N1. The van der Waals surface area contributed by atoms with E-state index < -0.39 is 27.9 Å². The Balaban J connectivity index is 1.95. The third kappa shape index (κ3) is 6.25. The summed E-state index contributed by atoms with van der Waals surface area (Å²) in [5, 5.41) is 15.2. The lowest BCUT2D eigenvalue weighted by molar-refractivity contribution is 0.0928. The van der Waals surface area contributed by atoms with Crippen LogP contribution in [0.2, 0.25) is 0 Å². The molecule has 0 saturated carbocycles. The van der Waals surface area contributed by atoms with Crippen LogP contribution in [-0.4, -0.2) is 65.7 Å². The van der Waals surface area contributed by atoms with Crippen molar-refractivity contribution in [1.29, 1.82) is 0 Å². The number of rotatable bonds is 7. The van der Waals surface area contributed by atoms with Crippen molar-refractivity contribution in [2.24, 2.45) is 15.7 Å². The van der Waals surface area contributed by atoms with Crippen LogP contribution < -0.4 is 16.4 Å². The minimum Gasteiger partial charge on any atom is -0.387 e. The van der Waals surface area contributed by atoms with Gasteiger partial charge in [0.05, 0.1) is 24.1 Å². The summed E-state index contributed by atoms with van der Waals surface area (Å²) in [7, 11) is -4.14. The zero-order chi connectivity index (χ0) is 19.3. The van der Waals surface area contributed by atoms with E-state index >= 15 is 0 Å². The third-order valence-corrected chi connectivity index (χ3v) is 4.22. The summed E-state index contributed by atoms with van der Waals surface area (Å²) >= 11 is 3.21. The molecule has 0 unspecified atom stereocenters. The van der Waals surface area contributed by atoms with Gasteiger partial charge in [0, 0.05) is 17.2 Å². The van der Waals surface area contributed by atoms with Crippen LogP contribution in [0.15, 0.2) is 38.5 Å². The van der Waals surface area contributed by atoms with Crippen LogP contribution in [0.1, 0.15) is 10.5 Å². The summed E-state index contributed by atoms with van der Waals surface area (Å²) in [6.45, 7) is -0.308. The molecule has 1 aliphatic rings. The number of carbonyl (C=O) groups excluding carboxylic acids is 1. The number of nitrogens with one attached hydrogen (secondary N) is 3. The standard InChI is InChI=1S/C13H17BrN6O5S/c14-7-3-10(17-5-7)12(22)18-6-8(21)4-9-11(20-13(15)19-9)16-1-2-26(23,24)25/h3-5,8,17,21H,1-2,6H2,(H,18,22)(H,23,24,25)(H3,15,16,19,20)/t8-/m1/s1. The van der Waals surface area contributed by atoms with E-state index in [1.54, 1.807) is 12.3 Å². The molecule has 1 aromatic rings. The maximum atomic E-state index is 11.9. The van der Waals surface area contributed by atoms with E-state index in [1.807, 2.05) is 0 Å². The van der Waals surface area contributed by atoms with Crippen molar-refractivity contribution in [1.82, 2.24) is 15.6 Å². The summed E-state index contributed by atoms with van der Waals surface area (Å²) in [6.07, 6.45) is 1.86. The Morgan fingerprint density at radius 3 is 2.88 bits per heavy atom. The van der Waals surface area contributed by atoms with Gasteiger partial charge in [0.25, 0.3) is 16.0 Å². The monoisotopic (exact) mass is 448 g/mol. The molecule has 0 aromatic carbocycles. The van der Waals surface area contributed by atoms with Crippen LogP contribution in [0.4, 0.5) is 0 Å². The van der Waals surface area contributed by atoms with Gasteiger partial charge in [0.1, 0.15) is 5.69 Å². The Labute approximate surface area is 157 Å². The van der Waals surface area contributed by atoms with Crippen LogP contribution in [0.25, 0.3) is 0 Å². The average molecular weight is 449 g/mol. The van der Waals surface area contributed by atoms with Gasteiger partial charge in [-0.05, 0) is 28.1 Å². The molecule has 0 saturated heterocycles. The molecule has 13 heteroatoms. The molecule has 2 heterocycles. The van der Waals surface area contributed by atoms with Crippen molar-refractivity contribution in [2.45, 2.75) is 6.10 Å². The molecule has 1 aromatic heterocycles. The molecular formula is C13H17BrN6O5S. The van der Waals surface area contributed by atoms with E-state index in [-0.39, 0.29) is 30.6 Å². The highest BCUT2D eigenvalue weighted by atomic mass is 79.9. The number of H-pyrrole nitrogens is 1. The topological polar surface area (TPSA) is 182 Å². The molecule has 0 radical (unpaired) electrons. The number of guanidine groups is 1. The number of hydrogen-bond acceptors (Lipinski definition) is 7. The number of aromatic nitrogens is 1. The lowest BCUT2D eigenvalue weighted by atomic mass is 10.2. The van der Waals surface area contributed by atoms with Crippen molar-refractivity contribution in [3.63, 3.8) is 0 Å². The van der Waals surface area contributed by atoms with Crippen LogP contribution in [0.5, 0.6) is 0 Å². The lowest BCUT2D eigenvalue weighted by Gasteiger charge is -2.09. The minimum absolute atomic E-state index is 0.0225. The van der Waals surface area contributed by atoms with Gasteiger partial charge in [0.15, 0.2) is 11.8 Å². The van der Waals surface area contributed by atoms with E-state index in [2.05, 4.69) is 41.5 Å². The van der Waals surface area contributed by atoms with Gasteiger partial charge < -0.3 is 26.5 Å². The molecule has 0 bridgehead atoms. The Bertz CT molecular complexity index is 875. The second kappa shape index (κ2) is 8.44. The second-order valence-corrected chi connectivity index (χ2v) is 7.69. The normalized spacial score (nSPS) is 18.7. The minimum atomic E-state index is -4.14. The number of amides is 1. The van der Waals surface area contributed by atoms with E-state index in [0.717, 1.165) is 4.47 Å². The highest BCUT2D eigenvalue weighted by molar-refractivity contribution is 9.10. The summed E-state index contributed by atoms with van der Waals surface area (Å²) in [5.74, 6) is -0.853. The first-order valence-electron chi connectivity index (χ1n) is 7.27. The number of carbonyl (C=O) groups is 1. The van der Waals surface area contributed by atoms with E-state index in [9.17, 15) is 18.3 Å². The van der Waals surface area contributed by atoms with Gasteiger partial charge in [-0.1, -0.05) is 0 Å². The Morgan fingerprint density at radius 2 is 2.27 bits per heavy atom. The molecule has 0 spiro atoms. The number of aromatic amines is 1.